The minimum Gasteiger partial charge on any atom is -0.349 e. The maximum absolute atomic E-state index is 12.5. The van der Waals surface area contributed by atoms with Crippen molar-refractivity contribution in [2.45, 2.75) is 59.5 Å². The minimum absolute atomic E-state index is 0.0178. The van der Waals surface area contributed by atoms with Crippen molar-refractivity contribution in [3.05, 3.63) is 52.8 Å². The third-order valence-corrected chi connectivity index (χ3v) is 4.71. The molecular weight excluding hydrogens is 324 g/mol. The molecule has 0 spiro atoms. The average molecular weight is 352 g/mol. The molecule has 5 nitrogen and oxygen atoms in total. The molecule has 2 rings (SSSR count). The summed E-state index contributed by atoms with van der Waals surface area (Å²) in [6.45, 7) is 8.80. The summed E-state index contributed by atoms with van der Waals surface area (Å²) < 4.78 is 1.87. The Morgan fingerprint density at radius 2 is 1.96 bits per heavy atom. The molecule has 0 aliphatic rings. The first kappa shape index (κ1) is 19.7. The summed E-state index contributed by atoms with van der Waals surface area (Å²) in [6.07, 6.45) is 1.53. The van der Waals surface area contributed by atoms with Gasteiger partial charge in [-0.1, -0.05) is 44.2 Å². The zero-order valence-corrected chi connectivity index (χ0v) is 16.1. The minimum atomic E-state index is 0.0178. The fourth-order valence-corrected chi connectivity index (χ4v) is 3.25. The van der Waals surface area contributed by atoms with E-state index in [-0.39, 0.29) is 11.9 Å². The van der Waals surface area contributed by atoms with Crippen LogP contribution in [0.2, 0.25) is 0 Å². The van der Waals surface area contributed by atoms with E-state index in [1.165, 1.54) is 0 Å². The van der Waals surface area contributed by atoms with Gasteiger partial charge in [0.05, 0.1) is 30.8 Å². The van der Waals surface area contributed by atoms with Crippen LogP contribution in [0.1, 0.15) is 55.2 Å². The fourth-order valence-electron chi connectivity index (χ4n) is 3.25. The molecule has 1 aromatic carbocycles. The molecule has 0 aliphatic carbocycles. The van der Waals surface area contributed by atoms with Crippen molar-refractivity contribution in [2.75, 3.05) is 0 Å². The van der Waals surface area contributed by atoms with Crippen LogP contribution >= 0.6 is 0 Å². The van der Waals surface area contributed by atoms with E-state index in [1.54, 1.807) is 0 Å². The fraction of sp³-hybridized carbons (Fsp3) is 0.476. The number of carbonyl (C=O) groups excluding carboxylic acids is 1. The van der Waals surface area contributed by atoms with Gasteiger partial charge < -0.3 is 5.32 Å². The first-order valence-electron chi connectivity index (χ1n) is 9.18. The van der Waals surface area contributed by atoms with E-state index < -0.39 is 0 Å². The Morgan fingerprint density at radius 1 is 1.27 bits per heavy atom. The van der Waals surface area contributed by atoms with E-state index in [1.807, 2.05) is 36.7 Å². The Morgan fingerprint density at radius 3 is 2.58 bits per heavy atom. The SMILES string of the molecule is Cc1nn(CCC#N)c(C)c1CCC(=O)NC(c1ccccc1)C(C)C. The zero-order valence-electron chi connectivity index (χ0n) is 16.1. The highest BCUT2D eigenvalue weighted by Gasteiger charge is 2.19. The van der Waals surface area contributed by atoms with E-state index >= 15 is 0 Å². The van der Waals surface area contributed by atoms with Crippen molar-refractivity contribution in [2.24, 2.45) is 5.92 Å². The van der Waals surface area contributed by atoms with Crippen molar-refractivity contribution >= 4 is 5.91 Å². The van der Waals surface area contributed by atoms with Crippen LogP contribution in [0.5, 0.6) is 0 Å². The largest absolute Gasteiger partial charge is 0.349 e. The third kappa shape index (κ3) is 4.95. The molecule has 0 bridgehead atoms. The van der Waals surface area contributed by atoms with Crippen LogP contribution in [0.25, 0.3) is 0 Å². The normalized spacial score (nSPS) is 12.0. The number of carbonyl (C=O) groups is 1. The van der Waals surface area contributed by atoms with E-state index in [0.29, 0.717) is 31.7 Å². The Labute approximate surface area is 156 Å². The number of hydrogen-bond donors (Lipinski definition) is 1. The van der Waals surface area contributed by atoms with Crippen molar-refractivity contribution < 1.29 is 4.79 Å². The predicted octanol–water partition coefficient (Wildman–Crippen LogP) is 3.86. The van der Waals surface area contributed by atoms with Gasteiger partial charge >= 0.3 is 0 Å². The second-order valence-corrected chi connectivity index (χ2v) is 6.98. The van der Waals surface area contributed by atoms with E-state index in [0.717, 1.165) is 22.5 Å². The van der Waals surface area contributed by atoms with E-state index in [2.05, 4.69) is 42.5 Å². The summed E-state index contributed by atoms with van der Waals surface area (Å²) in [7, 11) is 0. The number of rotatable bonds is 8. The van der Waals surface area contributed by atoms with Crippen molar-refractivity contribution in [1.82, 2.24) is 15.1 Å². The van der Waals surface area contributed by atoms with Gasteiger partial charge in [-0.2, -0.15) is 10.4 Å². The molecule has 1 amide bonds. The Hall–Kier alpha value is -2.61. The molecule has 0 fully saturated rings. The number of aryl methyl sites for hydroxylation is 2. The summed E-state index contributed by atoms with van der Waals surface area (Å²) in [6, 6.07) is 12.3. The maximum Gasteiger partial charge on any atom is 0.220 e. The molecule has 0 saturated carbocycles. The third-order valence-electron chi connectivity index (χ3n) is 4.71. The van der Waals surface area contributed by atoms with Gasteiger partial charge in [0.25, 0.3) is 0 Å². The smallest absolute Gasteiger partial charge is 0.220 e. The number of nitrogens with one attached hydrogen (secondary N) is 1. The van der Waals surface area contributed by atoms with Gasteiger partial charge in [0.15, 0.2) is 0 Å². The Balaban J connectivity index is 2.00. The number of aromatic nitrogens is 2. The molecule has 1 aromatic heterocycles. The molecule has 26 heavy (non-hydrogen) atoms. The van der Waals surface area contributed by atoms with Crippen LogP contribution < -0.4 is 5.32 Å². The van der Waals surface area contributed by atoms with Crippen LogP contribution in [0.4, 0.5) is 0 Å². The number of hydrogen-bond acceptors (Lipinski definition) is 3. The summed E-state index contributed by atoms with van der Waals surface area (Å²) >= 11 is 0. The lowest BCUT2D eigenvalue weighted by atomic mass is 9.95. The number of amides is 1. The van der Waals surface area contributed by atoms with Crippen LogP contribution in [0, 0.1) is 31.1 Å². The molecule has 2 aromatic rings. The lowest BCUT2D eigenvalue weighted by molar-refractivity contribution is -0.122. The maximum atomic E-state index is 12.5. The average Bonchev–Trinajstić information content (AvgIpc) is 2.90. The molecule has 0 saturated heterocycles. The van der Waals surface area contributed by atoms with Crippen molar-refractivity contribution in [1.29, 1.82) is 5.26 Å². The van der Waals surface area contributed by atoms with Gasteiger partial charge in [0.2, 0.25) is 5.91 Å². The van der Waals surface area contributed by atoms with Gasteiger partial charge in [-0.15, -0.1) is 0 Å². The van der Waals surface area contributed by atoms with Gasteiger partial charge in [0, 0.05) is 12.1 Å². The summed E-state index contributed by atoms with van der Waals surface area (Å²) in [4.78, 5) is 12.5. The summed E-state index contributed by atoms with van der Waals surface area (Å²) in [5.74, 6) is 0.370. The van der Waals surface area contributed by atoms with Crippen LogP contribution in [0.15, 0.2) is 30.3 Å². The number of nitrogens with zero attached hydrogens (tertiary/aromatic N) is 3. The first-order valence-corrected chi connectivity index (χ1v) is 9.18. The van der Waals surface area contributed by atoms with Crippen LogP contribution in [-0.4, -0.2) is 15.7 Å². The molecule has 1 heterocycles. The topological polar surface area (TPSA) is 70.7 Å². The van der Waals surface area contributed by atoms with Gasteiger partial charge in [-0.05, 0) is 37.3 Å². The molecule has 5 heteroatoms. The Kier molecular flexibility index (Phi) is 6.97. The highest BCUT2D eigenvalue weighted by atomic mass is 16.1. The molecular formula is C21H28N4O. The van der Waals surface area contributed by atoms with Crippen LogP contribution in [0.3, 0.4) is 0 Å². The second-order valence-electron chi connectivity index (χ2n) is 6.98. The van der Waals surface area contributed by atoms with Crippen molar-refractivity contribution in [3.8, 4) is 6.07 Å². The zero-order chi connectivity index (χ0) is 19.1. The predicted molar refractivity (Wildman–Crippen MR) is 102 cm³/mol. The van der Waals surface area contributed by atoms with Crippen LogP contribution in [-0.2, 0) is 17.8 Å². The number of nitriles is 1. The molecule has 0 radical (unpaired) electrons. The molecule has 1 N–H and O–H groups in total. The number of benzene rings is 1. The Bertz CT molecular complexity index is 771. The quantitative estimate of drug-likeness (QED) is 0.784. The lowest BCUT2D eigenvalue weighted by Gasteiger charge is -2.23. The highest BCUT2D eigenvalue weighted by Crippen LogP contribution is 2.22. The molecule has 1 atom stereocenters. The van der Waals surface area contributed by atoms with Crippen molar-refractivity contribution in [3.63, 3.8) is 0 Å². The second kappa shape index (κ2) is 9.19. The molecule has 0 aliphatic heterocycles. The van der Waals surface area contributed by atoms with Gasteiger partial charge in [-0.25, -0.2) is 0 Å². The standard InChI is InChI=1S/C21H28N4O/c1-15(2)21(18-9-6-5-7-10-18)23-20(26)12-11-19-16(3)24-25(17(19)4)14-8-13-22/h5-7,9-10,15,21H,8,11-12,14H2,1-4H3,(H,23,26). The lowest BCUT2D eigenvalue weighted by Crippen LogP contribution is -2.31. The first-order chi connectivity index (χ1) is 12.4. The summed E-state index contributed by atoms with van der Waals surface area (Å²) in [5.41, 5.74) is 4.23. The van der Waals surface area contributed by atoms with E-state index in [9.17, 15) is 4.79 Å². The molecule has 138 valence electrons. The summed E-state index contributed by atoms with van der Waals surface area (Å²) in [5, 5.41) is 16.4. The highest BCUT2D eigenvalue weighted by molar-refractivity contribution is 5.76. The molecule has 1 unspecified atom stereocenters. The van der Waals surface area contributed by atoms with Gasteiger partial charge in [0.1, 0.15) is 0 Å². The van der Waals surface area contributed by atoms with E-state index in [4.69, 9.17) is 5.26 Å². The van der Waals surface area contributed by atoms with Gasteiger partial charge in [-0.3, -0.25) is 9.48 Å². The monoisotopic (exact) mass is 352 g/mol.